The van der Waals surface area contributed by atoms with Crippen molar-refractivity contribution in [3.05, 3.63) is 64.7 Å². The van der Waals surface area contributed by atoms with Crippen LogP contribution in [-0.4, -0.2) is 36.4 Å². The molecule has 0 aromatic heterocycles. The molecule has 29 heavy (non-hydrogen) atoms. The molecule has 2 aromatic rings. The summed E-state index contributed by atoms with van der Waals surface area (Å²) in [6.07, 6.45) is 1.23. The summed E-state index contributed by atoms with van der Waals surface area (Å²) in [6.45, 7) is 1.92. The van der Waals surface area contributed by atoms with Crippen LogP contribution in [0.4, 0.5) is 4.79 Å². The normalized spacial score (nSPS) is 20.0. The monoisotopic (exact) mass is 393 g/mol. The highest BCUT2D eigenvalue weighted by molar-refractivity contribution is 6.09. The van der Waals surface area contributed by atoms with Gasteiger partial charge in [-0.25, -0.2) is 4.79 Å². The maximum absolute atomic E-state index is 13.1. The average Bonchev–Trinajstić information content (AvgIpc) is 3.21. The quantitative estimate of drug-likeness (QED) is 0.761. The van der Waals surface area contributed by atoms with Crippen molar-refractivity contribution in [1.82, 2.24) is 15.5 Å². The lowest BCUT2D eigenvalue weighted by Crippen LogP contribution is -2.43. The SMILES string of the molecule is COc1cc(CNC(=O)CN2C(=O)NC3(CCc4ccccc43)C2=O)ccc1C. The summed E-state index contributed by atoms with van der Waals surface area (Å²) in [5, 5.41) is 5.59. The number of ether oxygens (including phenoxy) is 1. The van der Waals surface area contributed by atoms with Crippen LogP contribution >= 0.6 is 0 Å². The summed E-state index contributed by atoms with van der Waals surface area (Å²) in [6, 6.07) is 12.8. The third-order valence-corrected chi connectivity index (χ3v) is 5.69. The van der Waals surface area contributed by atoms with Crippen LogP contribution in [0.5, 0.6) is 5.75 Å². The number of amides is 4. The summed E-state index contributed by atoms with van der Waals surface area (Å²) >= 11 is 0. The van der Waals surface area contributed by atoms with E-state index in [1.807, 2.05) is 49.4 Å². The number of imide groups is 1. The number of hydrogen-bond donors (Lipinski definition) is 2. The Kier molecular flexibility index (Phi) is 4.74. The Morgan fingerprint density at radius 2 is 2.03 bits per heavy atom. The number of fused-ring (bicyclic) bond motifs is 2. The minimum absolute atomic E-state index is 0.285. The maximum Gasteiger partial charge on any atom is 0.325 e. The fraction of sp³-hybridized carbons (Fsp3) is 0.318. The Hall–Kier alpha value is -3.35. The van der Waals surface area contributed by atoms with E-state index >= 15 is 0 Å². The van der Waals surface area contributed by atoms with E-state index in [-0.39, 0.29) is 19.0 Å². The Balaban J connectivity index is 1.43. The third-order valence-electron chi connectivity index (χ3n) is 5.69. The number of nitrogens with zero attached hydrogens (tertiary/aromatic N) is 1. The molecular formula is C22H23N3O4. The van der Waals surface area contributed by atoms with Crippen molar-refractivity contribution in [2.75, 3.05) is 13.7 Å². The molecule has 1 unspecified atom stereocenters. The number of urea groups is 1. The van der Waals surface area contributed by atoms with Crippen LogP contribution < -0.4 is 15.4 Å². The minimum Gasteiger partial charge on any atom is -0.496 e. The molecule has 1 fully saturated rings. The molecular weight excluding hydrogens is 370 g/mol. The van der Waals surface area contributed by atoms with Crippen molar-refractivity contribution in [2.24, 2.45) is 0 Å². The van der Waals surface area contributed by atoms with E-state index in [2.05, 4.69) is 10.6 Å². The number of carbonyl (C=O) groups is 3. The maximum atomic E-state index is 13.1. The van der Waals surface area contributed by atoms with Gasteiger partial charge >= 0.3 is 6.03 Å². The topological polar surface area (TPSA) is 87.7 Å². The molecule has 1 saturated heterocycles. The van der Waals surface area contributed by atoms with E-state index in [0.717, 1.165) is 39.3 Å². The van der Waals surface area contributed by atoms with Gasteiger partial charge in [-0.2, -0.15) is 0 Å². The zero-order valence-electron chi connectivity index (χ0n) is 16.5. The molecule has 2 aromatic carbocycles. The molecule has 0 bridgehead atoms. The largest absolute Gasteiger partial charge is 0.496 e. The number of aryl methyl sites for hydroxylation is 2. The van der Waals surface area contributed by atoms with E-state index in [9.17, 15) is 14.4 Å². The second kappa shape index (κ2) is 7.24. The molecule has 4 amide bonds. The molecule has 2 aliphatic rings. The van der Waals surface area contributed by atoms with Gasteiger partial charge in [0.05, 0.1) is 7.11 Å². The van der Waals surface area contributed by atoms with E-state index in [1.54, 1.807) is 7.11 Å². The van der Waals surface area contributed by atoms with Crippen molar-refractivity contribution in [2.45, 2.75) is 31.8 Å². The van der Waals surface area contributed by atoms with Gasteiger partial charge in [0, 0.05) is 6.54 Å². The van der Waals surface area contributed by atoms with Gasteiger partial charge in [-0.15, -0.1) is 0 Å². The standard InChI is InChI=1S/C22H23N3O4/c1-14-7-8-15(11-18(14)29-2)12-23-19(26)13-25-20(27)22(24-21(25)28)10-9-16-5-3-4-6-17(16)22/h3-8,11H,9-10,12-13H2,1-2H3,(H,23,26)(H,24,28). The van der Waals surface area contributed by atoms with Crippen molar-refractivity contribution in [1.29, 1.82) is 0 Å². The first-order chi connectivity index (χ1) is 13.9. The van der Waals surface area contributed by atoms with Crippen molar-refractivity contribution < 1.29 is 19.1 Å². The molecule has 150 valence electrons. The molecule has 0 saturated carbocycles. The van der Waals surface area contributed by atoms with Crippen LogP contribution in [0.2, 0.25) is 0 Å². The lowest BCUT2D eigenvalue weighted by molar-refractivity contribution is -0.135. The van der Waals surface area contributed by atoms with E-state index < -0.39 is 17.5 Å². The molecule has 4 rings (SSSR count). The van der Waals surface area contributed by atoms with Gasteiger partial charge in [-0.1, -0.05) is 36.4 Å². The number of rotatable bonds is 5. The van der Waals surface area contributed by atoms with Crippen LogP contribution in [0, 0.1) is 6.92 Å². The van der Waals surface area contributed by atoms with Crippen molar-refractivity contribution in [3.63, 3.8) is 0 Å². The van der Waals surface area contributed by atoms with Gasteiger partial charge in [0.1, 0.15) is 17.8 Å². The predicted octanol–water partition coefficient (Wildman–Crippen LogP) is 2.01. The van der Waals surface area contributed by atoms with Gasteiger partial charge in [0.25, 0.3) is 5.91 Å². The van der Waals surface area contributed by atoms with Gasteiger partial charge in [-0.3, -0.25) is 14.5 Å². The second-order valence-corrected chi connectivity index (χ2v) is 7.46. The molecule has 7 heteroatoms. The van der Waals surface area contributed by atoms with E-state index in [0.29, 0.717) is 6.42 Å². The number of carbonyl (C=O) groups excluding carboxylic acids is 3. The summed E-state index contributed by atoms with van der Waals surface area (Å²) in [4.78, 5) is 39.0. The Morgan fingerprint density at radius 1 is 1.24 bits per heavy atom. The lowest BCUT2D eigenvalue weighted by atomic mass is 9.92. The predicted molar refractivity (Wildman–Crippen MR) is 106 cm³/mol. The molecule has 2 N–H and O–H groups in total. The summed E-state index contributed by atoms with van der Waals surface area (Å²) in [5.41, 5.74) is 2.72. The smallest absolute Gasteiger partial charge is 0.325 e. The zero-order chi connectivity index (χ0) is 20.6. The molecule has 1 spiro atoms. The van der Waals surface area contributed by atoms with Crippen LogP contribution in [-0.2, 0) is 28.1 Å². The third kappa shape index (κ3) is 3.22. The molecule has 0 radical (unpaired) electrons. The van der Waals surface area contributed by atoms with Gasteiger partial charge < -0.3 is 15.4 Å². The fourth-order valence-electron chi connectivity index (χ4n) is 4.11. The zero-order valence-corrected chi connectivity index (χ0v) is 16.5. The van der Waals surface area contributed by atoms with E-state index in [1.165, 1.54) is 0 Å². The number of nitrogens with one attached hydrogen (secondary N) is 2. The number of methoxy groups -OCH3 is 1. The Morgan fingerprint density at radius 3 is 2.83 bits per heavy atom. The first-order valence-electron chi connectivity index (χ1n) is 9.57. The lowest BCUT2D eigenvalue weighted by Gasteiger charge is -2.22. The molecule has 1 heterocycles. The first kappa shape index (κ1) is 19.0. The van der Waals surface area contributed by atoms with Gasteiger partial charge in [-0.05, 0) is 48.1 Å². The first-order valence-corrected chi connectivity index (χ1v) is 9.57. The van der Waals surface area contributed by atoms with Crippen LogP contribution in [0.25, 0.3) is 0 Å². The average molecular weight is 393 g/mol. The van der Waals surface area contributed by atoms with Crippen LogP contribution in [0.15, 0.2) is 42.5 Å². The van der Waals surface area contributed by atoms with Gasteiger partial charge in [0.2, 0.25) is 5.91 Å². The van der Waals surface area contributed by atoms with Crippen LogP contribution in [0.1, 0.15) is 28.7 Å². The molecule has 1 atom stereocenters. The summed E-state index contributed by atoms with van der Waals surface area (Å²) in [5.74, 6) is -0.0105. The minimum atomic E-state index is -1.04. The van der Waals surface area contributed by atoms with Gasteiger partial charge in [0.15, 0.2) is 0 Å². The van der Waals surface area contributed by atoms with E-state index in [4.69, 9.17) is 4.74 Å². The highest BCUT2D eigenvalue weighted by Crippen LogP contribution is 2.41. The molecule has 7 nitrogen and oxygen atoms in total. The second-order valence-electron chi connectivity index (χ2n) is 7.46. The highest BCUT2D eigenvalue weighted by atomic mass is 16.5. The molecule has 1 aliphatic carbocycles. The fourth-order valence-corrected chi connectivity index (χ4v) is 4.11. The summed E-state index contributed by atoms with van der Waals surface area (Å²) < 4.78 is 5.29. The highest BCUT2D eigenvalue weighted by Gasteiger charge is 2.55. The van der Waals surface area contributed by atoms with Crippen molar-refractivity contribution in [3.8, 4) is 5.75 Å². The van der Waals surface area contributed by atoms with Crippen molar-refractivity contribution >= 4 is 17.8 Å². The Bertz CT molecular complexity index is 1000. The number of benzene rings is 2. The Labute approximate surface area is 169 Å². The number of hydrogen-bond acceptors (Lipinski definition) is 4. The van der Waals surface area contributed by atoms with Crippen LogP contribution in [0.3, 0.4) is 0 Å². The molecule has 1 aliphatic heterocycles. The summed E-state index contributed by atoms with van der Waals surface area (Å²) in [7, 11) is 1.60.